The molecule has 0 radical (unpaired) electrons. The molecule has 1 spiro atoms. The number of halogens is 2. The standard InChI is InChI=1S/C21H19ClFN3O3S/c22-14-3-1-2-13-16(27)11-21(29-18(13)14)6-8-26(9-7-21)20(28)25-19-24-15-5-4-12(23)10-17(15)30-19/h1-5,10,16,27H,6-9,11H2,(H,24,25,28). The van der Waals surface area contributed by atoms with Gasteiger partial charge in [0.2, 0.25) is 0 Å². The summed E-state index contributed by atoms with van der Waals surface area (Å²) < 4.78 is 20.3. The molecular weight excluding hydrogens is 429 g/mol. The monoisotopic (exact) mass is 447 g/mol. The zero-order valence-electron chi connectivity index (χ0n) is 15.9. The average Bonchev–Trinajstić information content (AvgIpc) is 3.10. The maximum Gasteiger partial charge on any atom is 0.323 e. The molecule has 2 aromatic carbocycles. The number of hydrogen-bond acceptors (Lipinski definition) is 5. The number of thiazole rings is 1. The van der Waals surface area contributed by atoms with E-state index in [9.17, 15) is 14.3 Å². The van der Waals surface area contributed by atoms with Crippen molar-refractivity contribution in [1.29, 1.82) is 0 Å². The fraction of sp³-hybridized carbons (Fsp3) is 0.333. The second-order valence-electron chi connectivity index (χ2n) is 7.71. The fourth-order valence-corrected chi connectivity index (χ4v) is 5.26. The molecule has 1 aromatic heterocycles. The number of nitrogens with zero attached hydrogens (tertiary/aromatic N) is 2. The number of carbonyl (C=O) groups excluding carboxylic acids is 1. The molecule has 1 atom stereocenters. The van der Waals surface area contributed by atoms with Crippen LogP contribution in [0, 0.1) is 5.82 Å². The van der Waals surface area contributed by atoms with Gasteiger partial charge in [-0.2, -0.15) is 0 Å². The summed E-state index contributed by atoms with van der Waals surface area (Å²) in [7, 11) is 0. The van der Waals surface area contributed by atoms with Gasteiger partial charge in [-0.05, 0) is 24.3 Å². The first-order chi connectivity index (χ1) is 14.4. The van der Waals surface area contributed by atoms with Crippen LogP contribution in [0.5, 0.6) is 5.75 Å². The normalized spacial score (nSPS) is 20.1. The molecule has 1 unspecified atom stereocenters. The number of aliphatic hydroxyl groups is 1. The number of hydrogen-bond donors (Lipinski definition) is 2. The van der Waals surface area contributed by atoms with Gasteiger partial charge < -0.3 is 14.7 Å². The Kier molecular flexibility index (Phi) is 4.80. The molecule has 1 saturated heterocycles. The Hall–Kier alpha value is -2.42. The Morgan fingerprint density at radius 2 is 2.13 bits per heavy atom. The zero-order chi connectivity index (χ0) is 20.9. The van der Waals surface area contributed by atoms with Crippen molar-refractivity contribution < 1.29 is 19.0 Å². The Balaban J connectivity index is 1.26. The number of para-hydroxylation sites is 1. The molecule has 9 heteroatoms. The summed E-state index contributed by atoms with van der Waals surface area (Å²) in [6.07, 6.45) is 1.01. The first kappa shape index (κ1) is 19.5. The van der Waals surface area contributed by atoms with Gasteiger partial charge in [-0.1, -0.05) is 35.1 Å². The average molecular weight is 448 g/mol. The highest BCUT2D eigenvalue weighted by Gasteiger charge is 2.44. The van der Waals surface area contributed by atoms with Crippen LogP contribution in [0.1, 0.15) is 30.9 Å². The number of urea groups is 1. The van der Waals surface area contributed by atoms with Gasteiger partial charge in [0.15, 0.2) is 5.13 Å². The number of aromatic nitrogens is 1. The van der Waals surface area contributed by atoms with Crippen molar-refractivity contribution in [2.24, 2.45) is 0 Å². The van der Waals surface area contributed by atoms with Crippen molar-refractivity contribution in [3.63, 3.8) is 0 Å². The molecule has 3 heterocycles. The molecule has 1 fully saturated rings. The van der Waals surface area contributed by atoms with E-state index in [1.54, 1.807) is 23.1 Å². The van der Waals surface area contributed by atoms with Gasteiger partial charge in [0.05, 0.1) is 21.3 Å². The van der Waals surface area contributed by atoms with E-state index in [2.05, 4.69) is 10.3 Å². The molecule has 6 nitrogen and oxygen atoms in total. The minimum absolute atomic E-state index is 0.251. The number of likely N-dealkylation sites (tertiary alicyclic amines) is 1. The topological polar surface area (TPSA) is 74.7 Å². The van der Waals surface area contributed by atoms with E-state index >= 15 is 0 Å². The predicted molar refractivity (Wildman–Crippen MR) is 114 cm³/mol. The van der Waals surface area contributed by atoms with Crippen LogP contribution in [0.25, 0.3) is 10.2 Å². The van der Waals surface area contributed by atoms with Crippen molar-refractivity contribution >= 4 is 44.3 Å². The summed E-state index contributed by atoms with van der Waals surface area (Å²) in [4.78, 5) is 18.7. The highest BCUT2D eigenvalue weighted by molar-refractivity contribution is 7.22. The lowest BCUT2D eigenvalue weighted by atomic mass is 9.82. The van der Waals surface area contributed by atoms with Crippen LogP contribution in [0.4, 0.5) is 14.3 Å². The molecule has 2 amide bonds. The smallest absolute Gasteiger partial charge is 0.323 e. The Morgan fingerprint density at radius 1 is 1.33 bits per heavy atom. The van der Waals surface area contributed by atoms with Gasteiger partial charge in [-0.3, -0.25) is 5.32 Å². The van der Waals surface area contributed by atoms with Crippen molar-refractivity contribution in [2.45, 2.75) is 31.0 Å². The van der Waals surface area contributed by atoms with E-state index in [1.165, 1.54) is 23.5 Å². The molecule has 30 heavy (non-hydrogen) atoms. The summed E-state index contributed by atoms with van der Waals surface area (Å²) >= 11 is 7.52. The molecule has 0 bridgehead atoms. The second-order valence-corrected chi connectivity index (χ2v) is 9.15. The number of ether oxygens (including phenoxy) is 1. The largest absolute Gasteiger partial charge is 0.485 e. The number of benzene rings is 2. The maximum absolute atomic E-state index is 13.4. The van der Waals surface area contributed by atoms with Crippen LogP contribution >= 0.6 is 22.9 Å². The van der Waals surface area contributed by atoms with E-state index in [4.69, 9.17) is 16.3 Å². The molecule has 156 valence electrons. The summed E-state index contributed by atoms with van der Waals surface area (Å²) in [5, 5.41) is 14.3. The quantitative estimate of drug-likeness (QED) is 0.552. The van der Waals surface area contributed by atoms with E-state index < -0.39 is 11.7 Å². The maximum atomic E-state index is 13.4. The minimum atomic E-state index is -0.643. The van der Waals surface area contributed by atoms with Crippen LogP contribution in [-0.4, -0.2) is 39.7 Å². The van der Waals surface area contributed by atoms with E-state index in [-0.39, 0.29) is 11.8 Å². The summed E-state index contributed by atoms with van der Waals surface area (Å²) in [5.74, 6) is 0.208. The van der Waals surface area contributed by atoms with Gasteiger partial charge >= 0.3 is 6.03 Å². The predicted octanol–water partition coefficient (Wildman–Crippen LogP) is 4.97. The SMILES string of the molecule is O=C(Nc1nc2ccc(F)cc2s1)N1CCC2(CC1)CC(O)c1cccc(Cl)c1O2. The van der Waals surface area contributed by atoms with Gasteiger partial charge in [0, 0.05) is 37.9 Å². The molecule has 0 saturated carbocycles. The van der Waals surface area contributed by atoms with E-state index in [1.807, 2.05) is 6.07 Å². The highest BCUT2D eigenvalue weighted by Crippen LogP contribution is 2.47. The number of carbonyl (C=O) groups is 1. The Labute approximate surface area is 181 Å². The van der Waals surface area contributed by atoms with E-state index in [0.717, 1.165) is 0 Å². The molecular formula is C21H19ClFN3O3S. The van der Waals surface area contributed by atoms with Gasteiger partial charge in [-0.15, -0.1) is 0 Å². The lowest BCUT2D eigenvalue weighted by molar-refractivity contribution is -0.0470. The van der Waals surface area contributed by atoms with Crippen molar-refractivity contribution in [2.75, 3.05) is 18.4 Å². The van der Waals surface area contributed by atoms with Crippen LogP contribution < -0.4 is 10.1 Å². The lowest BCUT2D eigenvalue weighted by Gasteiger charge is -2.46. The number of aliphatic hydroxyl groups excluding tert-OH is 1. The van der Waals surface area contributed by atoms with Gasteiger partial charge in [0.1, 0.15) is 17.2 Å². The molecule has 5 rings (SSSR count). The summed E-state index contributed by atoms with van der Waals surface area (Å²) in [5.41, 5.74) is 0.816. The fourth-order valence-electron chi connectivity index (χ4n) is 4.16. The third kappa shape index (κ3) is 3.49. The number of anilines is 1. The Morgan fingerprint density at radius 3 is 2.93 bits per heavy atom. The first-order valence-electron chi connectivity index (χ1n) is 9.70. The number of rotatable bonds is 1. The van der Waals surface area contributed by atoms with Crippen LogP contribution in [0.15, 0.2) is 36.4 Å². The van der Waals surface area contributed by atoms with Crippen LogP contribution in [-0.2, 0) is 0 Å². The third-order valence-electron chi connectivity index (χ3n) is 5.77. The summed E-state index contributed by atoms with van der Waals surface area (Å²) in [6.45, 7) is 0.968. The first-order valence-corrected chi connectivity index (χ1v) is 10.9. The highest BCUT2D eigenvalue weighted by atomic mass is 35.5. The Bertz CT molecular complexity index is 1130. The van der Waals surface area contributed by atoms with Crippen LogP contribution in [0.3, 0.4) is 0 Å². The van der Waals surface area contributed by atoms with E-state index in [0.29, 0.717) is 64.0 Å². The molecule has 2 aliphatic heterocycles. The number of nitrogens with one attached hydrogen (secondary N) is 1. The summed E-state index contributed by atoms with van der Waals surface area (Å²) in [6, 6.07) is 9.47. The van der Waals surface area contributed by atoms with Crippen molar-refractivity contribution in [1.82, 2.24) is 9.88 Å². The van der Waals surface area contributed by atoms with Gasteiger partial charge in [0.25, 0.3) is 0 Å². The van der Waals surface area contributed by atoms with Gasteiger partial charge in [-0.25, -0.2) is 14.2 Å². The molecule has 3 aromatic rings. The number of fused-ring (bicyclic) bond motifs is 2. The van der Waals surface area contributed by atoms with Crippen molar-refractivity contribution in [3.05, 3.63) is 52.8 Å². The third-order valence-corrected chi connectivity index (χ3v) is 7.00. The number of amides is 2. The lowest BCUT2D eigenvalue weighted by Crippen LogP contribution is -2.52. The van der Waals surface area contributed by atoms with Crippen molar-refractivity contribution in [3.8, 4) is 5.75 Å². The van der Waals surface area contributed by atoms with Crippen LogP contribution in [0.2, 0.25) is 5.02 Å². The molecule has 2 aliphatic rings. The molecule has 2 N–H and O–H groups in total. The zero-order valence-corrected chi connectivity index (χ0v) is 17.5. The minimum Gasteiger partial charge on any atom is -0.485 e. The molecule has 0 aliphatic carbocycles. The second kappa shape index (κ2) is 7.37. The number of piperidine rings is 1.